The molecule has 0 aromatic heterocycles. The fraction of sp³-hybridized carbons (Fsp3) is 0.286. The van der Waals surface area contributed by atoms with E-state index >= 15 is 0 Å². The van der Waals surface area contributed by atoms with Crippen LogP contribution in [-0.2, 0) is 10.8 Å². The van der Waals surface area contributed by atoms with Gasteiger partial charge < -0.3 is 5.11 Å². The van der Waals surface area contributed by atoms with Crippen molar-refractivity contribution in [2.45, 2.75) is 31.3 Å². The molecular weight excluding hydrogens is 232 g/mol. The molecule has 0 heterocycles. The predicted molar refractivity (Wildman–Crippen MR) is 72.2 cm³/mol. The molecule has 1 N–H and O–H groups in total. The topological polar surface area (TPSA) is 37.3 Å². The van der Waals surface area contributed by atoms with E-state index in [4.69, 9.17) is 0 Å². The van der Waals surface area contributed by atoms with Crippen LogP contribution < -0.4 is 0 Å². The van der Waals surface area contributed by atoms with Crippen LogP contribution in [0.2, 0.25) is 0 Å². The highest BCUT2D eigenvalue weighted by atomic mass is 32.2. The Morgan fingerprint density at radius 3 is 2.53 bits per heavy atom. The number of rotatable bonds is 5. The molecule has 0 aliphatic carbocycles. The maximum Gasteiger partial charge on any atom is 0.0874 e. The maximum atomic E-state index is 12.3. The lowest BCUT2D eigenvalue weighted by Gasteiger charge is -2.12. The Morgan fingerprint density at radius 1 is 1.47 bits per heavy atom. The van der Waals surface area contributed by atoms with E-state index in [0.29, 0.717) is 16.2 Å². The SMILES string of the molecule is C=C/C=C(\[C@@H](O)CC)S(=O)c1ccc(C)cc1. The highest BCUT2D eigenvalue weighted by Gasteiger charge is 2.16. The summed E-state index contributed by atoms with van der Waals surface area (Å²) in [5.41, 5.74) is 1.12. The van der Waals surface area contributed by atoms with Crippen LogP contribution in [0.5, 0.6) is 0 Å². The monoisotopic (exact) mass is 250 g/mol. The van der Waals surface area contributed by atoms with E-state index in [2.05, 4.69) is 6.58 Å². The summed E-state index contributed by atoms with van der Waals surface area (Å²) < 4.78 is 12.3. The van der Waals surface area contributed by atoms with Crippen molar-refractivity contribution in [1.82, 2.24) is 0 Å². The Kier molecular flexibility index (Phi) is 5.32. The zero-order valence-electron chi connectivity index (χ0n) is 10.2. The highest BCUT2D eigenvalue weighted by Crippen LogP contribution is 2.19. The summed E-state index contributed by atoms with van der Waals surface area (Å²) in [7, 11) is -1.32. The fourth-order valence-corrected chi connectivity index (χ4v) is 2.70. The third-order valence-electron chi connectivity index (χ3n) is 2.45. The van der Waals surface area contributed by atoms with Crippen molar-refractivity contribution < 1.29 is 9.32 Å². The van der Waals surface area contributed by atoms with Crippen molar-refractivity contribution in [1.29, 1.82) is 0 Å². The van der Waals surface area contributed by atoms with Gasteiger partial charge in [0.2, 0.25) is 0 Å². The van der Waals surface area contributed by atoms with Gasteiger partial charge in [0.05, 0.1) is 16.9 Å². The zero-order chi connectivity index (χ0) is 12.8. The molecule has 92 valence electrons. The fourth-order valence-electron chi connectivity index (χ4n) is 1.41. The van der Waals surface area contributed by atoms with Crippen molar-refractivity contribution >= 4 is 10.8 Å². The molecule has 0 bridgehead atoms. The third kappa shape index (κ3) is 3.65. The lowest BCUT2D eigenvalue weighted by atomic mass is 10.2. The first-order valence-corrected chi connectivity index (χ1v) is 6.74. The van der Waals surface area contributed by atoms with E-state index in [0.717, 1.165) is 5.56 Å². The largest absolute Gasteiger partial charge is 0.388 e. The van der Waals surface area contributed by atoms with E-state index < -0.39 is 16.9 Å². The van der Waals surface area contributed by atoms with Crippen LogP contribution in [0.25, 0.3) is 0 Å². The van der Waals surface area contributed by atoms with E-state index in [9.17, 15) is 9.32 Å². The quantitative estimate of drug-likeness (QED) is 0.816. The average molecular weight is 250 g/mol. The van der Waals surface area contributed by atoms with Gasteiger partial charge in [-0.15, -0.1) is 0 Å². The van der Waals surface area contributed by atoms with Gasteiger partial charge in [-0.1, -0.05) is 37.3 Å². The first kappa shape index (κ1) is 13.9. The summed E-state index contributed by atoms with van der Waals surface area (Å²) in [6.45, 7) is 7.42. The summed E-state index contributed by atoms with van der Waals surface area (Å²) in [5.74, 6) is 0. The van der Waals surface area contributed by atoms with Crippen LogP contribution in [0.1, 0.15) is 18.9 Å². The molecule has 2 nitrogen and oxygen atoms in total. The molecule has 0 fully saturated rings. The molecule has 1 aromatic carbocycles. The second-order valence-corrected chi connectivity index (χ2v) is 5.29. The minimum Gasteiger partial charge on any atom is -0.388 e. The summed E-state index contributed by atoms with van der Waals surface area (Å²) in [6.07, 6.45) is 3.04. The summed E-state index contributed by atoms with van der Waals surface area (Å²) in [4.78, 5) is 1.21. The Balaban J connectivity index is 3.04. The third-order valence-corrected chi connectivity index (χ3v) is 3.98. The lowest BCUT2D eigenvalue weighted by Crippen LogP contribution is -2.13. The summed E-state index contributed by atoms with van der Waals surface area (Å²) >= 11 is 0. The smallest absolute Gasteiger partial charge is 0.0874 e. The minimum absolute atomic E-state index is 0.506. The predicted octanol–water partition coefficient (Wildman–Crippen LogP) is 2.94. The van der Waals surface area contributed by atoms with Crippen molar-refractivity contribution in [2.75, 3.05) is 0 Å². The molecule has 0 aliphatic heterocycles. The zero-order valence-corrected chi connectivity index (χ0v) is 11.0. The van der Waals surface area contributed by atoms with Crippen LogP contribution in [0.4, 0.5) is 0 Å². The van der Waals surface area contributed by atoms with Crippen molar-refractivity contribution in [3.8, 4) is 0 Å². The summed E-state index contributed by atoms with van der Waals surface area (Å²) in [6, 6.07) is 7.48. The lowest BCUT2D eigenvalue weighted by molar-refractivity contribution is 0.214. The molecule has 3 heteroatoms. The van der Waals surface area contributed by atoms with Gasteiger partial charge in [0.15, 0.2) is 0 Å². The molecule has 0 saturated carbocycles. The standard InChI is InChI=1S/C14H18O2S/c1-4-6-14(13(15)5-2)17(16)12-9-7-11(3)8-10-12/h4,6-10,13,15H,1,5H2,2-3H3/b14-6+/t13-,17?/m0/s1. The molecule has 1 aromatic rings. The van der Waals surface area contributed by atoms with E-state index in [1.54, 1.807) is 12.2 Å². The van der Waals surface area contributed by atoms with Gasteiger partial charge >= 0.3 is 0 Å². The molecule has 0 amide bonds. The number of aryl methyl sites for hydroxylation is 1. The van der Waals surface area contributed by atoms with Crippen LogP contribution >= 0.6 is 0 Å². The minimum atomic E-state index is -1.32. The van der Waals surface area contributed by atoms with Crippen LogP contribution in [0, 0.1) is 6.92 Å². The summed E-state index contributed by atoms with van der Waals surface area (Å²) in [5, 5.41) is 9.83. The number of hydrogen-bond donors (Lipinski definition) is 1. The number of benzene rings is 1. The van der Waals surface area contributed by atoms with Crippen molar-refractivity contribution in [3.63, 3.8) is 0 Å². The van der Waals surface area contributed by atoms with Crippen molar-refractivity contribution in [2.24, 2.45) is 0 Å². The van der Waals surface area contributed by atoms with Gasteiger partial charge in [0.1, 0.15) is 0 Å². The molecule has 1 rings (SSSR count). The Bertz CT molecular complexity index is 432. The molecule has 0 aliphatic rings. The maximum absolute atomic E-state index is 12.3. The van der Waals surface area contributed by atoms with Crippen LogP contribution in [-0.4, -0.2) is 15.4 Å². The molecule has 2 atom stereocenters. The average Bonchev–Trinajstić information content (AvgIpc) is 2.35. The molecule has 17 heavy (non-hydrogen) atoms. The van der Waals surface area contributed by atoms with Gasteiger partial charge in [-0.05, 0) is 31.6 Å². The molecule has 0 spiro atoms. The van der Waals surface area contributed by atoms with Gasteiger partial charge in [0.25, 0.3) is 0 Å². The number of aliphatic hydroxyl groups is 1. The van der Waals surface area contributed by atoms with Crippen LogP contribution in [0.3, 0.4) is 0 Å². The molecular formula is C14H18O2S. The van der Waals surface area contributed by atoms with Gasteiger partial charge in [0, 0.05) is 9.80 Å². The van der Waals surface area contributed by atoms with E-state index in [1.165, 1.54) is 0 Å². The second-order valence-electron chi connectivity index (χ2n) is 3.81. The Hall–Kier alpha value is -1.19. The van der Waals surface area contributed by atoms with Gasteiger partial charge in [-0.2, -0.15) is 0 Å². The Labute approximate surface area is 105 Å². The van der Waals surface area contributed by atoms with Gasteiger partial charge in [-0.25, -0.2) is 4.21 Å². The van der Waals surface area contributed by atoms with E-state index in [-0.39, 0.29) is 0 Å². The Morgan fingerprint density at radius 2 is 2.06 bits per heavy atom. The first-order chi connectivity index (χ1) is 8.10. The van der Waals surface area contributed by atoms with Crippen molar-refractivity contribution in [3.05, 3.63) is 53.5 Å². The number of allylic oxidation sites excluding steroid dienone is 2. The van der Waals surface area contributed by atoms with Gasteiger partial charge in [-0.3, -0.25) is 0 Å². The normalized spacial score (nSPS) is 15.4. The van der Waals surface area contributed by atoms with Crippen LogP contribution in [0.15, 0.2) is 52.8 Å². The molecule has 0 saturated heterocycles. The molecule has 0 radical (unpaired) electrons. The second kappa shape index (κ2) is 6.52. The van der Waals surface area contributed by atoms with E-state index in [1.807, 2.05) is 38.1 Å². The number of hydrogen-bond acceptors (Lipinski definition) is 2. The molecule has 1 unspecified atom stereocenters. The first-order valence-electron chi connectivity index (χ1n) is 5.59. The highest BCUT2D eigenvalue weighted by molar-refractivity contribution is 7.89. The number of aliphatic hydroxyl groups excluding tert-OH is 1.